The van der Waals surface area contributed by atoms with Crippen LogP contribution in [0.5, 0.6) is 0 Å². The van der Waals surface area contributed by atoms with E-state index in [1.807, 2.05) is 30.3 Å². The predicted molar refractivity (Wildman–Crippen MR) is 169 cm³/mol. The lowest BCUT2D eigenvalue weighted by molar-refractivity contribution is -0.115. The zero-order chi connectivity index (χ0) is 27.1. The highest BCUT2D eigenvalue weighted by Gasteiger charge is 2.35. The lowest BCUT2D eigenvalue weighted by Gasteiger charge is -2.43. The summed E-state index contributed by atoms with van der Waals surface area (Å²) in [4.78, 5) is 21.1. The van der Waals surface area contributed by atoms with Crippen molar-refractivity contribution in [2.24, 2.45) is 4.99 Å². The van der Waals surface area contributed by atoms with Crippen molar-refractivity contribution >= 4 is 56.2 Å². The molecule has 3 heterocycles. The monoisotopic (exact) mass is 605 g/mol. The molecule has 1 saturated heterocycles. The molecule has 0 aromatic heterocycles. The summed E-state index contributed by atoms with van der Waals surface area (Å²) in [6, 6.07) is 34.1. The van der Waals surface area contributed by atoms with Crippen molar-refractivity contribution in [1.29, 1.82) is 0 Å². The topological polar surface area (TPSA) is 44.7 Å². The molecule has 4 aromatic rings. The summed E-state index contributed by atoms with van der Waals surface area (Å²) in [6.07, 6.45) is 4.08. The van der Waals surface area contributed by atoms with Crippen LogP contribution in [0.3, 0.4) is 0 Å². The summed E-state index contributed by atoms with van der Waals surface area (Å²) < 4.78 is 1.01. The number of anilines is 1. The second-order valence-electron chi connectivity index (χ2n) is 10.5. The molecule has 0 radical (unpaired) electrons. The van der Waals surface area contributed by atoms with Crippen LogP contribution in [-0.4, -0.2) is 24.2 Å². The van der Waals surface area contributed by atoms with Gasteiger partial charge >= 0.3 is 0 Å². The molecule has 4 nitrogen and oxygen atoms in total. The minimum Gasteiger partial charge on any atom is -0.371 e. The molecule has 1 amide bonds. The molecule has 3 aliphatic rings. The number of benzene rings is 4. The number of carbonyl (C=O) groups excluding carboxylic acids is 1. The Morgan fingerprint density at radius 1 is 0.825 bits per heavy atom. The van der Waals surface area contributed by atoms with Crippen molar-refractivity contribution in [3.63, 3.8) is 0 Å². The maximum Gasteiger partial charge on any atom is 0.264 e. The van der Waals surface area contributed by atoms with Crippen molar-refractivity contribution in [2.45, 2.75) is 24.7 Å². The Balaban J connectivity index is 1.31. The number of hydrogen-bond acceptors (Lipinski definition) is 4. The Hall–Kier alpha value is -3.61. The zero-order valence-electron chi connectivity index (χ0n) is 21.9. The fourth-order valence-electron chi connectivity index (χ4n) is 6.21. The number of amides is 1. The van der Waals surface area contributed by atoms with Crippen LogP contribution in [0, 0.1) is 0 Å². The summed E-state index contributed by atoms with van der Waals surface area (Å²) in [5.74, 6) is 0.528. The smallest absolute Gasteiger partial charge is 0.264 e. The molecule has 7 rings (SSSR count). The summed E-state index contributed by atoms with van der Waals surface area (Å²) in [7, 11) is 0. The van der Waals surface area contributed by atoms with Crippen molar-refractivity contribution in [3.8, 4) is 0 Å². The van der Waals surface area contributed by atoms with Gasteiger partial charge in [-0.2, -0.15) is 0 Å². The minimum absolute atomic E-state index is 0.110. The Morgan fingerprint density at radius 3 is 1.98 bits per heavy atom. The maximum absolute atomic E-state index is 12.8. The first-order valence-corrected chi connectivity index (χ1v) is 15.3. The molecular weight excluding hydrogens is 578 g/mol. The normalized spacial score (nSPS) is 21.9. The van der Waals surface area contributed by atoms with Crippen LogP contribution in [-0.2, 0) is 4.79 Å². The van der Waals surface area contributed by atoms with Crippen LogP contribution in [0.25, 0.3) is 6.08 Å². The molecule has 0 aliphatic carbocycles. The number of amidine groups is 1. The van der Waals surface area contributed by atoms with E-state index in [0.29, 0.717) is 21.9 Å². The highest BCUT2D eigenvalue weighted by Crippen LogP contribution is 2.50. The molecule has 6 heteroatoms. The number of rotatable bonds is 4. The first-order chi connectivity index (χ1) is 19.6. The van der Waals surface area contributed by atoms with Gasteiger partial charge in [-0.25, -0.2) is 4.99 Å². The minimum atomic E-state index is -0.110. The lowest BCUT2D eigenvalue weighted by Crippen LogP contribution is -2.37. The third-order valence-corrected chi connectivity index (χ3v) is 9.49. The molecule has 40 heavy (non-hydrogen) atoms. The van der Waals surface area contributed by atoms with Gasteiger partial charge in [0, 0.05) is 35.1 Å². The Bertz CT molecular complexity index is 1560. The van der Waals surface area contributed by atoms with Crippen molar-refractivity contribution in [2.75, 3.05) is 18.0 Å². The Kier molecular flexibility index (Phi) is 6.82. The van der Waals surface area contributed by atoms with Crippen LogP contribution in [0.1, 0.15) is 52.5 Å². The van der Waals surface area contributed by atoms with Crippen LogP contribution >= 0.6 is 27.7 Å². The standard InChI is InChI=1S/C34H28BrN3OS/c35-25-13-11-22(12-14-25)19-31-33(39)37-34(40-31)36-26-20-29-27(23-7-3-1-4-8-23)15-17-38-18-16-28(30(21-26)32(29)38)24-9-5-2-6-10-24/h1-14,19-21,27-28H,15-18H2,(H,36,37,39)/b31-19-/t27-,28-/m0/s1. The number of carbonyl (C=O) groups is 1. The molecule has 0 bridgehead atoms. The second-order valence-corrected chi connectivity index (χ2v) is 12.4. The average molecular weight is 607 g/mol. The summed E-state index contributed by atoms with van der Waals surface area (Å²) >= 11 is 4.87. The Labute approximate surface area is 247 Å². The first kappa shape index (κ1) is 25.4. The van der Waals surface area contributed by atoms with Crippen LogP contribution in [0.15, 0.2) is 111 Å². The van der Waals surface area contributed by atoms with E-state index in [9.17, 15) is 4.79 Å². The van der Waals surface area contributed by atoms with E-state index in [1.165, 1.54) is 39.7 Å². The van der Waals surface area contributed by atoms with Gasteiger partial charge in [0.1, 0.15) is 0 Å². The van der Waals surface area contributed by atoms with Gasteiger partial charge in [-0.05, 0) is 82.8 Å². The van der Waals surface area contributed by atoms with E-state index in [0.717, 1.165) is 41.7 Å². The highest BCUT2D eigenvalue weighted by molar-refractivity contribution is 9.10. The molecule has 1 N–H and O–H groups in total. The highest BCUT2D eigenvalue weighted by atomic mass is 79.9. The van der Waals surface area contributed by atoms with Crippen LogP contribution in [0.4, 0.5) is 11.4 Å². The third-order valence-electron chi connectivity index (χ3n) is 8.05. The Morgan fingerprint density at radius 2 is 1.40 bits per heavy atom. The van der Waals surface area contributed by atoms with Gasteiger partial charge in [0.2, 0.25) is 0 Å². The van der Waals surface area contributed by atoms with E-state index in [4.69, 9.17) is 4.99 Å². The molecule has 0 unspecified atom stereocenters. The van der Waals surface area contributed by atoms with Gasteiger partial charge in [-0.15, -0.1) is 0 Å². The number of halogens is 1. The summed E-state index contributed by atoms with van der Waals surface area (Å²) in [5, 5.41) is 3.62. The average Bonchev–Trinajstić information content (AvgIpc) is 3.33. The van der Waals surface area contributed by atoms with Crippen LogP contribution < -0.4 is 10.2 Å². The van der Waals surface area contributed by atoms with Gasteiger partial charge in [0.15, 0.2) is 5.17 Å². The van der Waals surface area contributed by atoms with Gasteiger partial charge in [-0.1, -0.05) is 88.7 Å². The summed E-state index contributed by atoms with van der Waals surface area (Å²) in [5.41, 5.74) is 8.63. The molecule has 198 valence electrons. The number of aliphatic imine (C=N–C) groups is 1. The SMILES string of the molecule is O=C1NC(=Nc2cc3c4c(c2)[C@H](c2ccccc2)CCN4CC[C@H]3c2ccccc2)S/C1=C\c1ccc(Br)cc1. The fourth-order valence-corrected chi connectivity index (χ4v) is 7.32. The predicted octanol–water partition coefficient (Wildman–Crippen LogP) is 8.22. The van der Waals surface area contributed by atoms with Gasteiger partial charge in [0.25, 0.3) is 5.91 Å². The first-order valence-electron chi connectivity index (χ1n) is 13.7. The fraction of sp³-hybridized carbons (Fsp3) is 0.176. The maximum atomic E-state index is 12.8. The molecule has 2 atom stereocenters. The van der Waals surface area contributed by atoms with Gasteiger partial charge in [0.05, 0.1) is 10.6 Å². The molecule has 4 aromatic carbocycles. The largest absolute Gasteiger partial charge is 0.371 e. The lowest BCUT2D eigenvalue weighted by atomic mass is 9.76. The number of nitrogens with one attached hydrogen (secondary N) is 1. The molecule has 1 fully saturated rings. The van der Waals surface area contributed by atoms with E-state index in [-0.39, 0.29) is 5.91 Å². The van der Waals surface area contributed by atoms with Crippen molar-refractivity contribution in [1.82, 2.24) is 5.32 Å². The van der Waals surface area contributed by atoms with Crippen LogP contribution in [0.2, 0.25) is 0 Å². The second kappa shape index (κ2) is 10.8. The van der Waals surface area contributed by atoms with E-state index >= 15 is 0 Å². The number of hydrogen-bond donors (Lipinski definition) is 1. The number of thioether (sulfide) groups is 1. The van der Waals surface area contributed by atoms with Crippen molar-refractivity contribution in [3.05, 3.63) is 134 Å². The van der Waals surface area contributed by atoms with E-state index < -0.39 is 0 Å². The quantitative estimate of drug-likeness (QED) is 0.238. The number of nitrogens with zero attached hydrogens (tertiary/aromatic N) is 2. The molecule has 0 saturated carbocycles. The van der Waals surface area contributed by atoms with Gasteiger partial charge in [-0.3, -0.25) is 4.79 Å². The molecule has 3 aliphatic heterocycles. The molecular formula is C34H28BrN3OS. The van der Waals surface area contributed by atoms with Gasteiger partial charge < -0.3 is 10.2 Å². The molecule has 0 spiro atoms. The van der Waals surface area contributed by atoms with Crippen molar-refractivity contribution < 1.29 is 4.79 Å². The zero-order valence-corrected chi connectivity index (χ0v) is 24.3. The summed E-state index contributed by atoms with van der Waals surface area (Å²) in [6.45, 7) is 2.12. The van der Waals surface area contributed by atoms with E-state index in [2.05, 4.69) is 98.9 Å². The van der Waals surface area contributed by atoms with E-state index in [1.54, 1.807) is 0 Å². The third kappa shape index (κ3) is 4.91.